The van der Waals surface area contributed by atoms with Gasteiger partial charge in [-0.3, -0.25) is 0 Å². The SMILES string of the molecule is CCCc1ccc(S(=O)(=O)N2CCC3NCCC3C2)cc1. The summed E-state index contributed by atoms with van der Waals surface area (Å²) in [5.74, 6) is 0.480. The Morgan fingerprint density at radius 3 is 2.71 bits per heavy atom. The summed E-state index contributed by atoms with van der Waals surface area (Å²) in [7, 11) is -3.33. The van der Waals surface area contributed by atoms with E-state index in [0.29, 0.717) is 29.9 Å². The number of fused-ring (bicyclic) bond motifs is 1. The minimum Gasteiger partial charge on any atom is -0.314 e. The van der Waals surface area contributed by atoms with Gasteiger partial charge >= 0.3 is 0 Å². The lowest BCUT2D eigenvalue weighted by molar-refractivity contribution is 0.247. The molecule has 2 saturated heterocycles. The first kappa shape index (κ1) is 15.0. The average Bonchev–Trinajstić information content (AvgIpc) is 2.95. The van der Waals surface area contributed by atoms with Crippen LogP contribution in [0, 0.1) is 5.92 Å². The van der Waals surface area contributed by atoms with Crippen molar-refractivity contribution in [2.45, 2.75) is 43.5 Å². The summed E-state index contributed by atoms with van der Waals surface area (Å²) in [6.45, 7) is 4.45. The maximum absolute atomic E-state index is 12.8. The van der Waals surface area contributed by atoms with Crippen molar-refractivity contribution in [1.82, 2.24) is 9.62 Å². The fourth-order valence-corrected chi connectivity index (χ4v) is 5.01. The van der Waals surface area contributed by atoms with E-state index in [2.05, 4.69) is 12.2 Å². The number of nitrogens with one attached hydrogen (secondary N) is 1. The predicted molar refractivity (Wildman–Crippen MR) is 83.7 cm³/mol. The fraction of sp³-hybridized carbons (Fsp3) is 0.625. The van der Waals surface area contributed by atoms with Crippen molar-refractivity contribution >= 4 is 10.0 Å². The molecule has 2 unspecified atom stereocenters. The molecule has 0 radical (unpaired) electrons. The van der Waals surface area contributed by atoms with E-state index in [-0.39, 0.29) is 0 Å². The fourth-order valence-electron chi connectivity index (χ4n) is 3.50. The lowest BCUT2D eigenvalue weighted by Crippen LogP contribution is -2.46. The molecule has 0 spiro atoms. The van der Waals surface area contributed by atoms with Gasteiger partial charge in [0.2, 0.25) is 10.0 Å². The number of hydrogen-bond acceptors (Lipinski definition) is 3. The Hall–Kier alpha value is -0.910. The van der Waals surface area contributed by atoms with Crippen LogP contribution in [-0.4, -0.2) is 38.4 Å². The molecule has 5 heteroatoms. The second-order valence-corrected chi connectivity index (χ2v) is 8.09. The van der Waals surface area contributed by atoms with E-state index < -0.39 is 10.0 Å². The van der Waals surface area contributed by atoms with E-state index in [0.717, 1.165) is 32.2 Å². The lowest BCUT2D eigenvalue weighted by Gasteiger charge is -2.34. The number of benzene rings is 1. The molecular weight excluding hydrogens is 284 g/mol. The molecule has 0 aromatic heterocycles. The summed E-state index contributed by atoms with van der Waals surface area (Å²) in [4.78, 5) is 0.437. The van der Waals surface area contributed by atoms with Crippen molar-refractivity contribution in [2.24, 2.45) is 5.92 Å². The summed E-state index contributed by atoms with van der Waals surface area (Å²) < 4.78 is 27.2. The van der Waals surface area contributed by atoms with Gasteiger partial charge in [-0.25, -0.2) is 8.42 Å². The third-order valence-electron chi connectivity index (χ3n) is 4.72. The summed E-state index contributed by atoms with van der Waals surface area (Å²) in [5.41, 5.74) is 1.20. The van der Waals surface area contributed by atoms with Crippen LogP contribution < -0.4 is 5.32 Å². The van der Waals surface area contributed by atoms with Crippen molar-refractivity contribution in [3.05, 3.63) is 29.8 Å². The maximum atomic E-state index is 12.8. The first-order valence-corrected chi connectivity index (χ1v) is 9.37. The van der Waals surface area contributed by atoms with Gasteiger partial charge in [-0.2, -0.15) is 4.31 Å². The highest BCUT2D eigenvalue weighted by atomic mass is 32.2. The van der Waals surface area contributed by atoms with E-state index in [9.17, 15) is 8.42 Å². The quantitative estimate of drug-likeness (QED) is 0.926. The van der Waals surface area contributed by atoms with Gasteiger partial charge in [-0.1, -0.05) is 25.5 Å². The number of hydrogen-bond donors (Lipinski definition) is 1. The van der Waals surface area contributed by atoms with Gasteiger partial charge in [-0.05, 0) is 49.4 Å². The maximum Gasteiger partial charge on any atom is 0.243 e. The summed E-state index contributed by atoms with van der Waals surface area (Å²) >= 11 is 0. The molecule has 0 bridgehead atoms. The molecule has 1 aromatic carbocycles. The minimum absolute atomic E-state index is 0.437. The number of aryl methyl sites for hydroxylation is 1. The first-order chi connectivity index (χ1) is 10.1. The van der Waals surface area contributed by atoms with Crippen LogP contribution in [0.4, 0.5) is 0 Å². The zero-order valence-electron chi connectivity index (χ0n) is 12.6. The number of piperidine rings is 1. The molecule has 2 fully saturated rings. The smallest absolute Gasteiger partial charge is 0.243 e. The summed E-state index contributed by atoms with van der Waals surface area (Å²) in [6, 6.07) is 7.93. The molecule has 1 aromatic rings. The van der Waals surface area contributed by atoms with Crippen LogP contribution in [-0.2, 0) is 16.4 Å². The topological polar surface area (TPSA) is 49.4 Å². The minimum atomic E-state index is -3.33. The summed E-state index contributed by atoms with van der Waals surface area (Å²) in [6.07, 6.45) is 4.09. The van der Waals surface area contributed by atoms with Crippen molar-refractivity contribution in [3.63, 3.8) is 0 Å². The average molecular weight is 308 g/mol. The largest absolute Gasteiger partial charge is 0.314 e. The third-order valence-corrected chi connectivity index (χ3v) is 6.60. The highest BCUT2D eigenvalue weighted by molar-refractivity contribution is 7.89. The molecule has 0 aliphatic carbocycles. The monoisotopic (exact) mass is 308 g/mol. The van der Waals surface area contributed by atoms with Crippen molar-refractivity contribution in [2.75, 3.05) is 19.6 Å². The molecule has 2 aliphatic heterocycles. The molecule has 2 aliphatic rings. The second kappa shape index (κ2) is 6.07. The summed E-state index contributed by atoms with van der Waals surface area (Å²) in [5, 5.41) is 3.47. The molecule has 21 heavy (non-hydrogen) atoms. The molecule has 4 nitrogen and oxygen atoms in total. The Labute approximate surface area is 127 Å². The van der Waals surface area contributed by atoms with Gasteiger partial charge in [0.05, 0.1) is 4.90 Å². The second-order valence-electron chi connectivity index (χ2n) is 6.16. The molecule has 1 N–H and O–H groups in total. The highest BCUT2D eigenvalue weighted by Crippen LogP contribution is 2.28. The highest BCUT2D eigenvalue weighted by Gasteiger charge is 2.37. The van der Waals surface area contributed by atoms with Crippen LogP contribution >= 0.6 is 0 Å². The lowest BCUT2D eigenvalue weighted by atomic mass is 9.95. The van der Waals surface area contributed by atoms with E-state index in [1.165, 1.54) is 5.56 Å². The molecule has 116 valence electrons. The van der Waals surface area contributed by atoms with Crippen molar-refractivity contribution < 1.29 is 8.42 Å². The number of rotatable bonds is 4. The molecule has 2 heterocycles. The van der Waals surface area contributed by atoms with Gasteiger partial charge in [0.25, 0.3) is 0 Å². The van der Waals surface area contributed by atoms with Crippen LogP contribution in [0.2, 0.25) is 0 Å². The van der Waals surface area contributed by atoms with Crippen LogP contribution in [0.25, 0.3) is 0 Å². The van der Waals surface area contributed by atoms with Crippen LogP contribution in [0.3, 0.4) is 0 Å². The molecule has 3 rings (SSSR count). The van der Waals surface area contributed by atoms with Crippen LogP contribution in [0.5, 0.6) is 0 Å². The van der Waals surface area contributed by atoms with Gasteiger partial charge in [-0.15, -0.1) is 0 Å². The Bertz CT molecular complexity index is 583. The third kappa shape index (κ3) is 3.00. The van der Waals surface area contributed by atoms with Crippen molar-refractivity contribution in [1.29, 1.82) is 0 Å². The standard InChI is InChI=1S/C16H24N2O2S/c1-2-3-13-4-6-15(7-5-13)21(19,20)18-11-9-16-14(12-18)8-10-17-16/h4-7,14,16-17H,2-3,8-12H2,1H3. The zero-order valence-corrected chi connectivity index (χ0v) is 13.4. The molecular formula is C16H24N2O2S. The van der Waals surface area contributed by atoms with Gasteiger partial charge < -0.3 is 5.32 Å². The van der Waals surface area contributed by atoms with E-state index in [4.69, 9.17) is 0 Å². The number of sulfonamides is 1. The zero-order chi connectivity index (χ0) is 14.9. The van der Waals surface area contributed by atoms with E-state index >= 15 is 0 Å². The Morgan fingerprint density at radius 2 is 2.00 bits per heavy atom. The van der Waals surface area contributed by atoms with Crippen LogP contribution in [0.15, 0.2) is 29.2 Å². The van der Waals surface area contributed by atoms with Crippen LogP contribution in [0.1, 0.15) is 31.7 Å². The van der Waals surface area contributed by atoms with Gasteiger partial charge in [0.15, 0.2) is 0 Å². The normalized spacial score (nSPS) is 26.7. The molecule has 0 amide bonds. The first-order valence-electron chi connectivity index (χ1n) is 7.93. The Morgan fingerprint density at radius 1 is 1.24 bits per heavy atom. The Balaban J connectivity index is 1.76. The van der Waals surface area contributed by atoms with Gasteiger partial charge in [0, 0.05) is 19.1 Å². The molecule has 2 atom stereocenters. The number of nitrogens with zero attached hydrogens (tertiary/aromatic N) is 1. The van der Waals surface area contributed by atoms with Crippen molar-refractivity contribution in [3.8, 4) is 0 Å². The Kier molecular flexibility index (Phi) is 4.33. The predicted octanol–water partition coefficient (Wildman–Crippen LogP) is 2.01. The van der Waals surface area contributed by atoms with Gasteiger partial charge in [0.1, 0.15) is 0 Å². The van der Waals surface area contributed by atoms with E-state index in [1.54, 1.807) is 16.4 Å². The molecule has 0 saturated carbocycles. The van der Waals surface area contributed by atoms with E-state index in [1.807, 2.05) is 12.1 Å².